The van der Waals surface area contributed by atoms with E-state index < -0.39 is 51.4 Å². The summed E-state index contributed by atoms with van der Waals surface area (Å²) in [5, 5.41) is 31.8. The van der Waals surface area contributed by atoms with Gasteiger partial charge in [-0.3, -0.25) is 34.6 Å². The number of hydrogen-bond acceptors (Lipinski definition) is 9. The van der Waals surface area contributed by atoms with Crippen LogP contribution in [0.5, 0.6) is 0 Å². The lowest BCUT2D eigenvalue weighted by molar-refractivity contribution is -0.385. The van der Waals surface area contributed by atoms with Crippen LogP contribution >= 0.6 is 0 Å². The summed E-state index contributed by atoms with van der Waals surface area (Å²) < 4.78 is 0. The highest BCUT2D eigenvalue weighted by atomic mass is 16.6. The number of nitro groups is 2. The fourth-order valence-corrected chi connectivity index (χ4v) is 5.31. The fraction of sp³-hybridized carbons (Fsp3) is 0.200. The van der Waals surface area contributed by atoms with Crippen LogP contribution in [-0.2, 0) is 9.59 Å². The Labute approximate surface area is 209 Å². The molecule has 3 aliphatic rings. The molecule has 37 heavy (non-hydrogen) atoms. The van der Waals surface area contributed by atoms with E-state index in [0.717, 1.165) is 11.0 Å². The minimum atomic E-state index is -1.16. The molecule has 2 fully saturated rings. The number of imide groups is 1. The van der Waals surface area contributed by atoms with Gasteiger partial charge in [-0.1, -0.05) is 12.1 Å². The molecule has 0 N–H and O–H groups in total. The van der Waals surface area contributed by atoms with Crippen LogP contribution in [0.1, 0.15) is 15.9 Å². The topological polar surface area (TPSA) is 168 Å². The second kappa shape index (κ2) is 8.49. The van der Waals surface area contributed by atoms with Crippen LogP contribution in [0.25, 0.3) is 0 Å². The van der Waals surface area contributed by atoms with E-state index in [1.165, 1.54) is 61.7 Å². The lowest BCUT2D eigenvalue weighted by Crippen LogP contribution is -2.46. The number of aryl methyl sites for hydroxylation is 1. The van der Waals surface area contributed by atoms with E-state index in [4.69, 9.17) is 0 Å². The quantitative estimate of drug-likeness (QED) is 0.260. The van der Waals surface area contributed by atoms with Gasteiger partial charge in [-0.15, -0.1) is 0 Å². The summed E-state index contributed by atoms with van der Waals surface area (Å²) in [7, 11) is 0. The second-order valence-electron chi connectivity index (χ2n) is 8.90. The lowest BCUT2D eigenvalue weighted by atomic mass is 9.86. The number of benzene rings is 2. The number of carbonyl (C=O) groups excluding carboxylic acids is 3. The number of ketones is 1. The molecule has 0 saturated carbocycles. The van der Waals surface area contributed by atoms with Gasteiger partial charge in [0, 0.05) is 36.0 Å². The molecule has 184 valence electrons. The molecule has 12 heteroatoms. The van der Waals surface area contributed by atoms with Crippen LogP contribution in [-0.4, -0.2) is 44.4 Å². The van der Waals surface area contributed by atoms with Gasteiger partial charge in [-0.05, 0) is 30.7 Å². The van der Waals surface area contributed by atoms with Crippen molar-refractivity contribution in [1.29, 1.82) is 5.26 Å². The van der Waals surface area contributed by atoms with Crippen LogP contribution in [0.4, 0.5) is 17.1 Å². The molecule has 0 unspecified atom stereocenters. The molecule has 4 atom stereocenters. The van der Waals surface area contributed by atoms with Gasteiger partial charge in [0.1, 0.15) is 6.04 Å². The van der Waals surface area contributed by atoms with Gasteiger partial charge in [0.05, 0.1) is 45.1 Å². The fourth-order valence-electron chi connectivity index (χ4n) is 5.31. The van der Waals surface area contributed by atoms with Crippen LogP contribution in [0, 0.1) is 50.3 Å². The zero-order chi connectivity index (χ0) is 26.6. The molecule has 0 spiro atoms. The zero-order valence-corrected chi connectivity index (χ0v) is 19.2. The summed E-state index contributed by atoms with van der Waals surface area (Å²) in [6.45, 7) is 1.53. The zero-order valence-electron chi connectivity index (χ0n) is 19.2. The SMILES string of the molecule is Cc1cc([N+](=O)[O-])ccc1N1C(=O)[C@@H]2[C@H](C1=O)[C@@H](C(=O)c1cccc([N+](=O)[O-])c1)N1C=CC(C#N)=C[C@H]21. The number of hydrogen-bond donors (Lipinski definition) is 0. The van der Waals surface area contributed by atoms with Gasteiger partial charge < -0.3 is 4.90 Å². The second-order valence-corrected chi connectivity index (χ2v) is 8.90. The van der Waals surface area contributed by atoms with Crippen molar-refractivity contribution < 1.29 is 24.2 Å². The molecule has 2 amide bonds. The van der Waals surface area contributed by atoms with Crippen molar-refractivity contribution in [1.82, 2.24) is 4.90 Å². The minimum Gasteiger partial charge on any atom is -0.359 e. The smallest absolute Gasteiger partial charge is 0.270 e. The number of nitro benzene ring substituents is 2. The maximum atomic E-state index is 13.8. The summed E-state index contributed by atoms with van der Waals surface area (Å²) in [6.07, 6.45) is 4.48. The Bertz CT molecular complexity index is 1520. The number of nitriles is 1. The van der Waals surface area contributed by atoms with Crippen molar-refractivity contribution in [3.05, 3.63) is 97.7 Å². The highest BCUT2D eigenvalue weighted by molar-refractivity contribution is 6.25. The Morgan fingerprint density at radius 3 is 2.32 bits per heavy atom. The first-order valence-electron chi connectivity index (χ1n) is 11.1. The van der Waals surface area contributed by atoms with Crippen molar-refractivity contribution in [2.24, 2.45) is 11.8 Å². The molecule has 3 aliphatic heterocycles. The average molecular weight is 499 g/mol. The molecule has 3 heterocycles. The third-order valence-electron chi connectivity index (χ3n) is 6.92. The van der Waals surface area contributed by atoms with Crippen molar-refractivity contribution >= 4 is 34.7 Å². The highest BCUT2D eigenvalue weighted by Crippen LogP contribution is 2.47. The van der Waals surface area contributed by atoms with E-state index in [-0.39, 0.29) is 28.2 Å². The van der Waals surface area contributed by atoms with Gasteiger partial charge in [0.15, 0.2) is 5.78 Å². The summed E-state index contributed by atoms with van der Waals surface area (Å²) in [6, 6.07) is 8.94. The van der Waals surface area contributed by atoms with Crippen molar-refractivity contribution in [3.63, 3.8) is 0 Å². The van der Waals surface area contributed by atoms with Crippen LogP contribution < -0.4 is 4.90 Å². The molecule has 2 aromatic rings. The van der Waals surface area contributed by atoms with Crippen molar-refractivity contribution in [2.45, 2.75) is 19.0 Å². The molecule has 0 radical (unpaired) electrons. The Morgan fingerprint density at radius 1 is 1.00 bits per heavy atom. The first kappa shape index (κ1) is 23.6. The minimum absolute atomic E-state index is 0.00674. The number of Topliss-reactive ketones (excluding diaryl/α,β-unsaturated/α-hetero) is 1. The van der Waals surface area contributed by atoms with Gasteiger partial charge >= 0.3 is 0 Å². The standard InChI is InChI=1S/C25H17N5O7/c1-13-9-17(30(36)37)5-6-18(13)28-24(32)20-19-10-14(12-26)7-8-27(19)22(21(20)25(28)33)23(31)15-3-2-4-16(11-15)29(34)35/h2-11,19-22H,1H3/t19-,20+,21+,22+/m1/s1. The van der Waals surface area contributed by atoms with Crippen molar-refractivity contribution in [2.75, 3.05) is 4.90 Å². The van der Waals surface area contributed by atoms with Gasteiger partial charge in [-0.2, -0.15) is 5.26 Å². The van der Waals surface area contributed by atoms with E-state index >= 15 is 0 Å². The Hall–Kier alpha value is -5.18. The molecule has 2 aromatic carbocycles. The molecule has 0 aliphatic carbocycles. The van der Waals surface area contributed by atoms with E-state index in [9.17, 15) is 39.9 Å². The molecular formula is C25H17N5O7. The van der Waals surface area contributed by atoms with E-state index in [1.54, 1.807) is 4.90 Å². The Kier molecular flexibility index (Phi) is 5.40. The number of rotatable bonds is 5. The first-order valence-corrected chi connectivity index (χ1v) is 11.1. The number of anilines is 1. The molecule has 2 saturated heterocycles. The molecule has 12 nitrogen and oxygen atoms in total. The number of non-ortho nitro benzene ring substituents is 2. The van der Waals surface area contributed by atoms with E-state index in [2.05, 4.69) is 0 Å². The average Bonchev–Trinajstić information content (AvgIpc) is 3.35. The number of fused-ring (bicyclic) bond motifs is 3. The largest absolute Gasteiger partial charge is 0.359 e. The monoisotopic (exact) mass is 499 g/mol. The van der Waals surface area contributed by atoms with E-state index in [1.807, 2.05) is 6.07 Å². The number of allylic oxidation sites excluding steroid dienone is 2. The predicted octanol–water partition coefficient (Wildman–Crippen LogP) is 2.83. The van der Waals surface area contributed by atoms with Crippen molar-refractivity contribution in [3.8, 4) is 6.07 Å². The Balaban J connectivity index is 1.60. The van der Waals surface area contributed by atoms with Gasteiger partial charge in [0.2, 0.25) is 11.8 Å². The first-order chi connectivity index (χ1) is 17.6. The summed E-state index contributed by atoms with van der Waals surface area (Å²) >= 11 is 0. The van der Waals surface area contributed by atoms with Gasteiger partial charge in [-0.25, -0.2) is 4.90 Å². The summed E-state index contributed by atoms with van der Waals surface area (Å²) in [5.74, 6) is -3.99. The van der Waals surface area contributed by atoms with Crippen LogP contribution in [0.3, 0.4) is 0 Å². The molecular weight excluding hydrogens is 482 g/mol. The van der Waals surface area contributed by atoms with Gasteiger partial charge in [0.25, 0.3) is 11.4 Å². The normalized spacial score (nSPS) is 23.8. The lowest BCUT2D eigenvalue weighted by Gasteiger charge is -2.32. The molecule has 5 rings (SSSR count). The molecule has 0 aromatic heterocycles. The Morgan fingerprint density at radius 2 is 1.68 bits per heavy atom. The third kappa shape index (κ3) is 3.56. The number of amides is 2. The summed E-state index contributed by atoms with van der Waals surface area (Å²) in [5.41, 5.74) is 0.255. The maximum absolute atomic E-state index is 13.8. The highest BCUT2D eigenvalue weighted by Gasteiger charge is 2.63. The van der Waals surface area contributed by atoms with E-state index in [0.29, 0.717) is 5.56 Å². The predicted molar refractivity (Wildman–Crippen MR) is 127 cm³/mol. The third-order valence-corrected chi connectivity index (χ3v) is 6.92. The summed E-state index contributed by atoms with van der Waals surface area (Å²) in [4.78, 5) is 64.8. The van der Waals surface area contributed by atoms with Crippen LogP contribution in [0.2, 0.25) is 0 Å². The molecule has 0 bridgehead atoms. The number of nitrogens with zero attached hydrogens (tertiary/aromatic N) is 5. The maximum Gasteiger partial charge on any atom is 0.270 e. The van der Waals surface area contributed by atoms with Crippen LogP contribution in [0.15, 0.2) is 66.4 Å². The number of carbonyl (C=O) groups is 3.